The molecule has 0 radical (unpaired) electrons. The molecule has 0 saturated heterocycles. The third-order valence-corrected chi connectivity index (χ3v) is 2.50. The fraction of sp³-hybridized carbons (Fsp3) is 0.727. The van der Waals surface area contributed by atoms with E-state index in [9.17, 15) is 8.78 Å². The van der Waals surface area contributed by atoms with Crippen LogP contribution in [0, 0.1) is 0 Å². The Hall–Kier alpha value is -1.05. The molecule has 5 nitrogen and oxygen atoms in total. The van der Waals surface area contributed by atoms with Crippen LogP contribution in [0.25, 0.3) is 0 Å². The molecular weight excluding hydrogens is 242 g/mol. The third-order valence-electron chi connectivity index (χ3n) is 2.50. The van der Waals surface area contributed by atoms with Crippen LogP contribution in [-0.4, -0.2) is 29.4 Å². The quantitative estimate of drug-likeness (QED) is 0.402. The Kier molecular flexibility index (Phi) is 6.77. The summed E-state index contributed by atoms with van der Waals surface area (Å²) in [6.45, 7) is 2.61. The minimum Gasteiger partial charge on any atom is -0.375 e. The van der Waals surface area contributed by atoms with Gasteiger partial charge in [0.15, 0.2) is 0 Å². The molecule has 0 aliphatic carbocycles. The number of nitrogens with two attached hydrogens (primary N) is 1. The first kappa shape index (κ1) is 15.0. The van der Waals surface area contributed by atoms with Gasteiger partial charge in [-0.25, -0.2) is 8.78 Å². The van der Waals surface area contributed by atoms with Gasteiger partial charge in [0, 0.05) is 24.9 Å². The Morgan fingerprint density at radius 1 is 1.56 bits per heavy atom. The fourth-order valence-corrected chi connectivity index (χ4v) is 1.63. The molecule has 104 valence electrons. The molecule has 0 fully saturated rings. The van der Waals surface area contributed by atoms with Gasteiger partial charge in [0.1, 0.15) is 6.61 Å². The average molecular weight is 262 g/mol. The molecule has 0 bridgehead atoms. The predicted molar refractivity (Wildman–Crippen MR) is 64.0 cm³/mol. The van der Waals surface area contributed by atoms with Crippen LogP contribution in [0.2, 0.25) is 0 Å². The van der Waals surface area contributed by atoms with Crippen LogP contribution in [0.3, 0.4) is 0 Å². The lowest BCUT2D eigenvalue weighted by Gasteiger charge is -2.14. The van der Waals surface area contributed by atoms with Gasteiger partial charge in [-0.2, -0.15) is 5.10 Å². The minimum absolute atomic E-state index is 0.131. The highest BCUT2D eigenvalue weighted by atomic mass is 19.3. The lowest BCUT2D eigenvalue weighted by Crippen LogP contribution is -2.29. The molecule has 3 N–H and O–H groups in total. The maximum atomic E-state index is 11.9. The third kappa shape index (κ3) is 5.07. The fourth-order valence-electron chi connectivity index (χ4n) is 1.63. The molecule has 0 amide bonds. The molecule has 1 atom stereocenters. The average Bonchev–Trinajstić information content (AvgIpc) is 2.78. The first-order valence-corrected chi connectivity index (χ1v) is 6.01. The van der Waals surface area contributed by atoms with Crippen LogP contribution in [0.15, 0.2) is 12.4 Å². The van der Waals surface area contributed by atoms with Crippen molar-refractivity contribution in [3.8, 4) is 0 Å². The number of nitrogens with one attached hydrogen (secondary N) is 1. The zero-order valence-electron chi connectivity index (χ0n) is 10.5. The van der Waals surface area contributed by atoms with E-state index < -0.39 is 13.0 Å². The van der Waals surface area contributed by atoms with Gasteiger partial charge in [-0.1, -0.05) is 6.92 Å². The van der Waals surface area contributed by atoms with Crippen molar-refractivity contribution in [1.82, 2.24) is 15.2 Å². The van der Waals surface area contributed by atoms with Crippen molar-refractivity contribution in [2.75, 3.05) is 13.2 Å². The lowest BCUT2D eigenvalue weighted by molar-refractivity contribution is 0.0143. The van der Waals surface area contributed by atoms with E-state index in [1.807, 2.05) is 10.9 Å². The van der Waals surface area contributed by atoms with Crippen LogP contribution < -0.4 is 11.3 Å². The van der Waals surface area contributed by atoms with Crippen molar-refractivity contribution in [1.29, 1.82) is 0 Å². The number of aromatic nitrogens is 2. The summed E-state index contributed by atoms with van der Waals surface area (Å²) in [5.41, 5.74) is 3.58. The summed E-state index contributed by atoms with van der Waals surface area (Å²) in [5, 5.41) is 4.19. The Labute approximate surface area is 105 Å². The van der Waals surface area contributed by atoms with Crippen LogP contribution in [0.4, 0.5) is 8.78 Å². The standard InChI is InChI=1S/C11H20F2N4O/c1-2-4-17-7-9(6-15-17)10(16-14)3-5-18-8-11(12)13/h6-7,10-11,16H,2-5,8,14H2,1H3. The minimum atomic E-state index is -2.43. The van der Waals surface area contributed by atoms with Gasteiger partial charge >= 0.3 is 0 Å². The van der Waals surface area contributed by atoms with Crippen molar-refractivity contribution in [3.63, 3.8) is 0 Å². The highest BCUT2D eigenvalue weighted by Crippen LogP contribution is 2.15. The smallest absolute Gasteiger partial charge is 0.261 e. The van der Waals surface area contributed by atoms with Crippen molar-refractivity contribution >= 4 is 0 Å². The molecule has 0 aliphatic heterocycles. The van der Waals surface area contributed by atoms with Gasteiger partial charge in [-0.05, 0) is 12.8 Å². The van der Waals surface area contributed by atoms with E-state index >= 15 is 0 Å². The molecule has 1 rings (SSSR count). The van der Waals surface area contributed by atoms with Crippen LogP contribution >= 0.6 is 0 Å². The second kappa shape index (κ2) is 8.12. The largest absolute Gasteiger partial charge is 0.375 e. The number of hydrazine groups is 1. The molecular formula is C11H20F2N4O. The maximum Gasteiger partial charge on any atom is 0.261 e. The molecule has 0 saturated carbocycles. The number of rotatable bonds is 9. The molecule has 1 heterocycles. The van der Waals surface area contributed by atoms with E-state index in [4.69, 9.17) is 10.6 Å². The molecule has 0 aromatic carbocycles. The van der Waals surface area contributed by atoms with Crippen molar-refractivity contribution in [2.45, 2.75) is 38.8 Å². The predicted octanol–water partition coefficient (Wildman–Crippen LogP) is 1.47. The van der Waals surface area contributed by atoms with Gasteiger partial charge in [0.2, 0.25) is 0 Å². The normalized spacial score (nSPS) is 13.2. The summed E-state index contributed by atoms with van der Waals surface area (Å²) in [6.07, 6.45) is 2.73. The summed E-state index contributed by atoms with van der Waals surface area (Å²) in [4.78, 5) is 0. The second-order valence-corrected chi connectivity index (χ2v) is 4.01. The highest BCUT2D eigenvalue weighted by Gasteiger charge is 2.12. The lowest BCUT2D eigenvalue weighted by atomic mass is 10.1. The van der Waals surface area contributed by atoms with E-state index in [0.717, 1.165) is 18.5 Å². The molecule has 18 heavy (non-hydrogen) atoms. The highest BCUT2D eigenvalue weighted by molar-refractivity contribution is 5.09. The molecule has 0 spiro atoms. The van der Waals surface area contributed by atoms with E-state index in [2.05, 4.69) is 17.4 Å². The topological polar surface area (TPSA) is 65.1 Å². The zero-order chi connectivity index (χ0) is 13.4. The summed E-state index contributed by atoms with van der Waals surface area (Å²) >= 11 is 0. The Morgan fingerprint density at radius 2 is 2.33 bits per heavy atom. The Morgan fingerprint density at radius 3 is 2.94 bits per heavy atom. The maximum absolute atomic E-state index is 11.9. The molecule has 1 aromatic rings. The van der Waals surface area contributed by atoms with E-state index in [1.165, 1.54) is 0 Å². The number of nitrogens with zero attached hydrogens (tertiary/aromatic N) is 2. The van der Waals surface area contributed by atoms with Gasteiger partial charge in [-0.3, -0.25) is 16.0 Å². The Balaban J connectivity index is 2.39. The van der Waals surface area contributed by atoms with E-state index in [1.54, 1.807) is 6.20 Å². The second-order valence-electron chi connectivity index (χ2n) is 4.01. The molecule has 7 heteroatoms. The van der Waals surface area contributed by atoms with Gasteiger partial charge in [0.05, 0.1) is 12.2 Å². The number of hydrogen-bond acceptors (Lipinski definition) is 4. The molecule has 1 aromatic heterocycles. The SMILES string of the molecule is CCCn1cc(C(CCOCC(F)F)NN)cn1. The molecule has 0 aliphatic rings. The van der Waals surface area contributed by atoms with Crippen LogP contribution in [-0.2, 0) is 11.3 Å². The van der Waals surface area contributed by atoms with Crippen LogP contribution in [0.1, 0.15) is 31.4 Å². The first-order valence-electron chi connectivity index (χ1n) is 6.01. The monoisotopic (exact) mass is 262 g/mol. The zero-order valence-corrected chi connectivity index (χ0v) is 10.5. The molecule has 1 unspecified atom stereocenters. The van der Waals surface area contributed by atoms with Crippen molar-refractivity contribution in [2.24, 2.45) is 5.84 Å². The van der Waals surface area contributed by atoms with Crippen molar-refractivity contribution in [3.05, 3.63) is 18.0 Å². The summed E-state index contributed by atoms with van der Waals surface area (Å²) in [5.74, 6) is 5.44. The van der Waals surface area contributed by atoms with E-state index in [-0.39, 0.29) is 12.6 Å². The summed E-state index contributed by atoms with van der Waals surface area (Å²) in [7, 11) is 0. The van der Waals surface area contributed by atoms with Gasteiger partial charge < -0.3 is 4.74 Å². The number of alkyl halides is 2. The van der Waals surface area contributed by atoms with Crippen molar-refractivity contribution < 1.29 is 13.5 Å². The Bertz CT molecular complexity index is 333. The van der Waals surface area contributed by atoms with Crippen LogP contribution in [0.5, 0.6) is 0 Å². The summed E-state index contributed by atoms with van der Waals surface area (Å²) in [6, 6.07) is -0.131. The number of hydrogen-bond donors (Lipinski definition) is 2. The summed E-state index contributed by atoms with van der Waals surface area (Å²) < 4.78 is 30.4. The van der Waals surface area contributed by atoms with Gasteiger partial charge in [-0.15, -0.1) is 0 Å². The van der Waals surface area contributed by atoms with Gasteiger partial charge in [0.25, 0.3) is 6.43 Å². The first-order chi connectivity index (χ1) is 8.67. The number of halogens is 2. The number of aryl methyl sites for hydroxylation is 1. The number of ether oxygens (including phenoxy) is 1. The van der Waals surface area contributed by atoms with E-state index in [0.29, 0.717) is 6.42 Å².